The summed E-state index contributed by atoms with van der Waals surface area (Å²) < 4.78 is 5.55. The summed E-state index contributed by atoms with van der Waals surface area (Å²) in [6.07, 6.45) is -0.512. The number of para-hydroxylation sites is 1. The standard InChI is InChI=1S/C21H25N3O3/c1-12(2)16-7-5-6-8-17(16)23-20(25)13(3)22-15-9-10-19-18(11-15)24-21(26)14(4)27-19/h5-14,22H,1-4H3,(H,23,25)(H,24,26)/t13-,14-/m1/s1. The molecule has 2 aromatic carbocycles. The minimum Gasteiger partial charge on any atom is -0.479 e. The molecule has 6 nitrogen and oxygen atoms in total. The van der Waals surface area contributed by atoms with Gasteiger partial charge in [0.1, 0.15) is 11.8 Å². The molecule has 1 heterocycles. The number of carbonyl (C=O) groups is 2. The first-order valence-corrected chi connectivity index (χ1v) is 9.13. The Kier molecular flexibility index (Phi) is 5.35. The summed E-state index contributed by atoms with van der Waals surface area (Å²) in [5.74, 6) is 0.623. The molecule has 3 N–H and O–H groups in total. The van der Waals surface area contributed by atoms with Crippen molar-refractivity contribution in [2.24, 2.45) is 0 Å². The molecule has 1 aliphatic rings. The lowest BCUT2D eigenvalue weighted by atomic mass is 10.0. The number of rotatable bonds is 5. The van der Waals surface area contributed by atoms with E-state index in [1.54, 1.807) is 26.0 Å². The number of benzene rings is 2. The Morgan fingerprint density at radius 3 is 2.63 bits per heavy atom. The second-order valence-electron chi connectivity index (χ2n) is 7.06. The normalized spacial score (nSPS) is 16.8. The predicted octanol–water partition coefficient (Wildman–Crippen LogP) is 3.97. The van der Waals surface area contributed by atoms with E-state index in [4.69, 9.17) is 4.74 Å². The van der Waals surface area contributed by atoms with E-state index in [1.165, 1.54) is 0 Å². The first-order chi connectivity index (χ1) is 12.8. The molecule has 1 aliphatic heterocycles. The lowest BCUT2D eigenvalue weighted by Gasteiger charge is -2.24. The Morgan fingerprint density at radius 2 is 1.89 bits per heavy atom. The second-order valence-corrected chi connectivity index (χ2v) is 7.06. The van der Waals surface area contributed by atoms with Gasteiger partial charge in [0, 0.05) is 11.4 Å². The Bertz CT molecular complexity index is 864. The Labute approximate surface area is 159 Å². The van der Waals surface area contributed by atoms with Crippen LogP contribution in [0.5, 0.6) is 5.75 Å². The summed E-state index contributed by atoms with van der Waals surface area (Å²) in [6, 6.07) is 12.7. The molecule has 0 radical (unpaired) electrons. The van der Waals surface area contributed by atoms with Crippen LogP contribution in [0.25, 0.3) is 0 Å². The third-order valence-corrected chi connectivity index (χ3v) is 4.53. The Balaban J connectivity index is 1.69. The summed E-state index contributed by atoms with van der Waals surface area (Å²) in [7, 11) is 0. The number of ether oxygens (including phenoxy) is 1. The van der Waals surface area contributed by atoms with Crippen molar-refractivity contribution >= 4 is 28.9 Å². The average Bonchev–Trinajstić information content (AvgIpc) is 2.63. The van der Waals surface area contributed by atoms with Crippen LogP contribution in [0.3, 0.4) is 0 Å². The molecule has 142 valence electrons. The third kappa shape index (κ3) is 4.22. The van der Waals surface area contributed by atoms with Gasteiger partial charge in [0.05, 0.1) is 5.69 Å². The van der Waals surface area contributed by atoms with Crippen molar-refractivity contribution in [3.8, 4) is 5.75 Å². The van der Waals surface area contributed by atoms with E-state index in [2.05, 4.69) is 29.8 Å². The van der Waals surface area contributed by atoms with E-state index in [0.29, 0.717) is 17.4 Å². The molecular weight excluding hydrogens is 342 g/mol. The number of nitrogens with one attached hydrogen (secondary N) is 3. The van der Waals surface area contributed by atoms with Crippen LogP contribution in [0.2, 0.25) is 0 Å². The summed E-state index contributed by atoms with van der Waals surface area (Å²) >= 11 is 0. The molecular formula is C21H25N3O3. The van der Waals surface area contributed by atoms with Gasteiger partial charge in [-0.15, -0.1) is 0 Å². The highest BCUT2D eigenvalue weighted by Crippen LogP contribution is 2.32. The molecule has 0 aromatic heterocycles. The topological polar surface area (TPSA) is 79.5 Å². The first-order valence-electron chi connectivity index (χ1n) is 9.13. The SMILES string of the molecule is CC(C)c1ccccc1NC(=O)[C@@H](C)Nc1ccc2c(c1)NC(=O)[C@@H](C)O2. The van der Waals surface area contributed by atoms with E-state index in [0.717, 1.165) is 16.9 Å². The smallest absolute Gasteiger partial charge is 0.265 e. The second kappa shape index (κ2) is 7.70. The minimum atomic E-state index is -0.512. The van der Waals surface area contributed by atoms with E-state index in [1.807, 2.05) is 30.3 Å². The number of fused-ring (bicyclic) bond motifs is 1. The van der Waals surface area contributed by atoms with E-state index in [-0.39, 0.29) is 11.8 Å². The molecule has 0 saturated carbocycles. The van der Waals surface area contributed by atoms with Crippen LogP contribution in [0.15, 0.2) is 42.5 Å². The molecule has 2 aromatic rings. The van der Waals surface area contributed by atoms with Crippen LogP contribution in [-0.2, 0) is 9.59 Å². The lowest BCUT2D eigenvalue weighted by Crippen LogP contribution is -2.35. The third-order valence-electron chi connectivity index (χ3n) is 4.53. The molecule has 0 spiro atoms. The summed E-state index contributed by atoms with van der Waals surface area (Å²) in [6.45, 7) is 7.68. The maximum absolute atomic E-state index is 12.6. The van der Waals surface area contributed by atoms with Crippen LogP contribution in [0, 0.1) is 0 Å². The number of carbonyl (C=O) groups excluding carboxylic acids is 2. The average molecular weight is 367 g/mol. The van der Waals surface area contributed by atoms with E-state index in [9.17, 15) is 9.59 Å². The van der Waals surface area contributed by atoms with Crippen molar-refractivity contribution in [3.05, 3.63) is 48.0 Å². The highest BCUT2D eigenvalue weighted by Gasteiger charge is 2.24. The monoisotopic (exact) mass is 367 g/mol. The zero-order valence-electron chi connectivity index (χ0n) is 16.0. The molecule has 0 aliphatic carbocycles. The molecule has 6 heteroatoms. The van der Waals surface area contributed by atoms with Crippen molar-refractivity contribution in [2.45, 2.75) is 45.8 Å². The lowest BCUT2D eigenvalue weighted by molar-refractivity contribution is -0.122. The van der Waals surface area contributed by atoms with Gasteiger partial charge >= 0.3 is 0 Å². The van der Waals surface area contributed by atoms with Gasteiger partial charge in [0.15, 0.2) is 6.10 Å². The largest absolute Gasteiger partial charge is 0.479 e. The summed E-state index contributed by atoms with van der Waals surface area (Å²) in [5, 5.41) is 8.97. The Hall–Kier alpha value is -3.02. The van der Waals surface area contributed by atoms with Crippen LogP contribution >= 0.6 is 0 Å². The zero-order valence-corrected chi connectivity index (χ0v) is 16.0. The van der Waals surface area contributed by atoms with Crippen LogP contribution in [-0.4, -0.2) is 24.0 Å². The predicted molar refractivity (Wildman–Crippen MR) is 107 cm³/mol. The van der Waals surface area contributed by atoms with Crippen molar-refractivity contribution in [1.29, 1.82) is 0 Å². The van der Waals surface area contributed by atoms with E-state index < -0.39 is 12.1 Å². The number of anilines is 3. The minimum absolute atomic E-state index is 0.130. The molecule has 0 unspecified atom stereocenters. The number of hydrogen-bond acceptors (Lipinski definition) is 4. The van der Waals surface area contributed by atoms with Crippen molar-refractivity contribution in [3.63, 3.8) is 0 Å². The molecule has 0 bridgehead atoms. The van der Waals surface area contributed by atoms with Gasteiger partial charge in [0.25, 0.3) is 5.91 Å². The summed E-state index contributed by atoms with van der Waals surface area (Å²) in [4.78, 5) is 24.4. The molecule has 0 fully saturated rings. The van der Waals surface area contributed by atoms with Crippen LogP contribution in [0.4, 0.5) is 17.1 Å². The molecule has 2 atom stereocenters. The molecule has 2 amide bonds. The zero-order chi connectivity index (χ0) is 19.6. The van der Waals surface area contributed by atoms with Gasteiger partial charge in [-0.05, 0) is 49.6 Å². The van der Waals surface area contributed by atoms with Crippen LogP contribution in [0.1, 0.15) is 39.2 Å². The van der Waals surface area contributed by atoms with Crippen molar-refractivity contribution < 1.29 is 14.3 Å². The number of hydrogen-bond donors (Lipinski definition) is 3. The van der Waals surface area contributed by atoms with Crippen molar-refractivity contribution in [1.82, 2.24) is 0 Å². The van der Waals surface area contributed by atoms with Crippen molar-refractivity contribution in [2.75, 3.05) is 16.0 Å². The van der Waals surface area contributed by atoms with Gasteiger partial charge in [-0.2, -0.15) is 0 Å². The van der Waals surface area contributed by atoms with Gasteiger partial charge in [-0.3, -0.25) is 9.59 Å². The number of amides is 2. The van der Waals surface area contributed by atoms with Gasteiger partial charge < -0.3 is 20.7 Å². The highest BCUT2D eigenvalue weighted by molar-refractivity contribution is 5.99. The van der Waals surface area contributed by atoms with E-state index >= 15 is 0 Å². The molecule has 27 heavy (non-hydrogen) atoms. The maximum Gasteiger partial charge on any atom is 0.265 e. The highest BCUT2D eigenvalue weighted by atomic mass is 16.5. The van der Waals surface area contributed by atoms with Crippen LogP contribution < -0.4 is 20.7 Å². The van der Waals surface area contributed by atoms with Gasteiger partial charge in [0.2, 0.25) is 5.91 Å². The summed E-state index contributed by atoms with van der Waals surface area (Å²) in [5.41, 5.74) is 3.25. The fraction of sp³-hybridized carbons (Fsp3) is 0.333. The fourth-order valence-corrected chi connectivity index (χ4v) is 2.97. The maximum atomic E-state index is 12.6. The van der Waals surface area contributed by atoms with Gasteiger partial charge in [-0.1, -0.05) is 32.0 Å². The quantitative estimate of drug-likeness (QED) is 0.747. The van der Waals surface area contributed by atoms with Gasteiger partial charge in [-0.25, -0.2) is 0 Å². The first kappa shape index (κ1) is 18.8. The fourth-order valence-electron chi connectivity index (χ4n) is 2.97. The molecule has 0 saturated heterocycles. The Morgan fingerprint density at radius 1 is 1.15 bits per heavy atom. The molecule has 3 rings (SSSR count).